The second kappa shape index (κ2) is 3.98. The average molecular weight is 229 g/mol. The second-order valence-electron chi connectivity index (χ2n) is 5.44. The van der Waals surface area contributed by atoms with E-state index in [1.54, 1.807) is 0 Å². The summed E-state index contributed by atoms with van der Waals surface area (Å²) in [6.45, 7) is 4.63. The first kappa shape index (κ1) is 11.3. The summed E-state index contributed by atoms with van der Waals surface area (Å²) in [6, 6.07) is 0.0790. The molecule has 86 valence electrons. The summed E-state index contributed by atoms with van der Waals surface area (Å²) in [5.41, 5.74) is 0.436. The monoisotopic (exact) mass is 229 g/mol. The van der Waals surface area contributed by atoms with Crippen LogP contribution in [0.5, 0.6) is 0 Å². The summed E-state index contributed by atoms with van der Waals surface area (Å²) in [5, 5.41) is 12.8. The Morgan fingerprint density at radius 1 is 1.53 bits per heavy atom. The maximum atomic E-state index is 10.9. The molecule has 2 rings (SSSR count). The zero-order valence-electron chi connectivity index (χ0n) is 9.32. The topological polar surface area (TPSA) is 49.3 Å². The number of hydrogen-bond donors (Lipinski definition) is 2. The normalized spacial score (nSPS) is 39.5. The van der Waals surface area contributed by atoms with E-state index in [4.69, 9.17) is 5.11 Å². The van der Waals surface area contributed by atoms with Gasteiger partial charge in [-0.05, 0) is 24.7 Å². The molecule has 0 aromatic heterocycles. The largest absolute Gasteiger partial charge is 0.480 e. The van der Waals surface area contributed by atoms with Gasteiger partial charge in [0.15, 0.2) is 0 Å². The minimum absolute atomic E-state index is 0.336. The highest BCUT2D eigenvalue weighted by Crippen LogP contribution is 2.42. The Morgan fingerprint density at radius 2 is 2.27 bits per heavy atom. The molecular weight excluding hydrogens is 210 g/mol. The minimum atomic E-state index is -0.703. The molecule has 1 saturated heterocycles. The maximum Gasteiger partial charge on any atom is 0.321 e. The zero-order chi connectivity index (χ0) is 11.1. The van der Waals surface area contributed by atoms with Crippen molar-refractivity contribution in [2.24, 2.45) is 5.41 Å². The molecule has 4 heteroatoms. The van der Waals surface area contributed by atoms with Gasteiger partial charge in [-0.3, -0.25) is 10.1 Å². The van der Waals surface area contributed by atoms with Crippen LogP contribution in [0.1, 0.15) is 33.1 Å². The van der Waals surface area contributed by atoms with Gasteiger partial charge in [0.25, 0.3) is 0 Å². The minimum Gasteiger partial charge on any atom is -0.480 e. The molecule has 15 heavy (non-hydrogen) atoms. The molecule has 0 radical (unpaired) electrons. The number of hydrogen-bond acceptors (Lipinski definition) is 3. The van der Waals surface area contributed by atoms with E-state index in [9.17, 15) is 4.79 Å². The quantitative estimate of drug-likeness (QED) is 0.719. The van der Waals surface area contributed by atoms with E-state index < -0.39 is 5.97 Å². The van der Waals surface area contributed by atoms with Crippen molar-refractivity contribution < 1.29 is 9.90 Å². The van der Waals surface area contributed by atoms with E-state index in [1.807, 2.05) is 11.8 Å². The highest BCUT2D eigenvalue weighted by Gasteiger charge is 2.40. The molecule has 3 unspecified atom stereocenters. The molecule has 0 amide bonds. The van der Waals surface area contributed by atoms with Crippen LogP contribution in [0.15, 0.2) is 0 Å². The van der Waals surface area contributed by atoms with Crippen LogP contribution in [0.4, 0.5) is 0 Å². The molecule has 2 aliphatic rings. The van der Waals surface area contributed by atoms with Crippen molar-refractivity contribution >= 4 is 17.7 Å². The van der Waals surface area contributed by atoms with Gasteiger partial charge in [0.1, 0.15) is 6.04 Å². The Morgan fingerprint density at radius 3 is 2.93 bits per heavy atom. The Bertz CT molecular complexity index is 267. The Balaban J connectivity index is 1.98. The molecule has 2 fully saturated rings. The average Bonchev–Trinajstić information content (AvgIpc) is 2.15. The van der Waals surface area contributed by atoms with Crippen molar-refractivity contribution in [3.05, 3.63) is 0 Å². The third-order valence-corrected chi connectivity index (χ3v) is 4.97. The molecule has 1 aliphatic carbocycles. The van der Waals surface area contributed by atoms with E-state index >= 15 is 0 Å². The zero-order valence-corrected chi connectivity index (χ0v) is 10.1. The number of carboxylic acid groups (broad SMARTS) is 1. The third-order valence-electron chi connectivity index (χ3n) is 3.52. The number of carboxylic acids is 1. The molecule has 0 aromatic rings. The molecule has 3 atom stereocenters. The highest BCUT2D eigenvalue weighted by molar-refractivity contribution is 8.00. The molecule has 0 spiro atoms. The van der Waals surface area contributed by atoms with Crippen LogP contribution >= 0.6 is 11.8 Å². The number of fused-ring (bicyclic) bond motifs is 1. The summed E-state index contributed by atoms with van der Waals surface area (Å²) in [7, 11) is 0. The number of carbonyl (C=O) groups is 1. The summed E-state index contributed by atoms with van der Waals surface area (Å²) < 4.78 is 0. The molecule has 1 saturated carbocycles. The van der Waals surface area contributed by atoms with Gasteiger partial charge < -0.3 is 5.11 Å². The lowest BCUT2D eigenvalue weighted by molar-refractivity contribution is -0.139. The first-order chi connectivity index (χ1) is 6.98. The standard InChI is InChI=1S/C11H19NO2S/c1-11(2)4-3-7-9(5-11)15-6-8(12-7)10(13)14/h7-9,12H,3-6H2,1-2H3,(H,13,14). The predicted molar refractivity (Wildman–Crippen MR) is 62.2 cm³/mol. The smallest absolute Gasteiger partial charge is 0.321 e. The Labute approximate surface area is 95.0 Å². The van der Waals surface area contributed by atoms with Gasteiger partial charge in [0.2, 0.25) is 0 Å². The van der Waals surface area contributed by atoms with Gasteiger partial charge in [-0.2, -0.15) is 11.8 Å². The number of aliphatic carboxylic acids is 1. The van der Waals surface area contributed by atoms with Crippen LogP contribution in [0.2, 0.25) is 0 Å². The summed E-state index contributed by atoms with van der Waals surface area (Å²) in [6.07, 6.45) is 3.53. The first-order valence-corrected chi connectivity index (χ1v) is 6.63. The van der Waals surface area contributed by atoms with Crippen molar-refractivity contribution in [3.8, 4) is 0 Å². The van der Waals surface area contributed by atoms with Gasteiger partial charge in [-0.15, -0.1) is 0 Å². The lowest BCUT2D eigenvalue weighted by Crippen LogP contribution is -2.56. The van der Waals surface area contributed by atoms with Crippen LogP contribution in [0.3, 0.4) is 0 Å². The lowest BCUT2D eigenvalue weighted by Gasteiger charge is -2.44. The molecule has 0 bridgehead atoms. The number of nitrogens with one attached hydrogen (secondary N) is 1. The van der Waals surface area contributed by atoms with Crippen molar-refractivity contribution in [1.82, 2.24) is 5.32 Å². The van der Waals surface area contributed by atoms with Crippen molar-refractivity contribution in [3.63, 3.8) is 0 Å². The van der Waals surface area contributed by atoms with Crippen molar-refractivity contribution in [1.29, 1.82) is 0 Å². The molecule has 2 N–H and O–H groups in total. The van der Waals surface area contributed by atoms with Gasteiger partial charge in [0, 0.05) is 17.0 Å². The van der Waals surface area contributed by atoms with Gasteiger partial charge in [-0.25, -0.2) is 0 Å². The van der Waals surface area contributed by atoms with Crippen LogP contribution in [0.25, 0.3) is 0 Å². The molecule has 1 heterocycles. The SMILES string of the molecule is CC1(C)CCC2NC(C(=O)O)CSC2C1. The maximum absolute atomic E-state index is 10.9. The predicted octanol–water partition coefficient (Wildman–Crippen LogP) is 1.72. The summed E-state index contributed by atoms with van der Waals surface area (Å²) in [5.74, 6) is 0.0119. The van der Waals surface area contributed by atoms with E-state index in [1.165, 1.54) is 12.8 Å². The highest BCUT2D eigenvalue weighted by atomic mass is 32.2. The Hall–Kier alpha value is -0.220. The van der Waals surface area contributed by atoms with Crippen LogP contribution in [-0.2, 0) is 4.79 Å². The molecule has 3 nitrogen and oxygen atoms in total. The second-order valence-corrected chi connectivity index (χ2v) is 6.71. The van der Waals surface area contributed by atoms with Crippen molar-refractivity contribution in [2.45, 2.75) is 50.4 Å². The van der Waals surface area contributed by atoms with Gasteiger partial charge >= 0.3 is 5.97 Å². The van der Waals surface area contributed by atoms with Gasteiger partial charge in [-0.1, -0.05) is 13.8 Å². The number of rotatable bonds is 1. The molecular formula is C11H19NO2S. The fraction of sp³-hybridized carbons (Fsp3) is 0.909. The van der Waals surface area contributed by atoms with E-state index in [2.05, 4.69) is 19.2 Å². The van der Waals surface area contributed by atoms with E-state index in [0.29, 0.717) is 22.5 Å². The number of thioether (sulfide) groups is 1. The summed E-state index contributed by atoms with van der Waals surface area (Å²) in [4.78, 5) is 10.9. The van der Waals surface area contributed by atoms with E-state index in [0.717, 1.165) is 6.42 Å². The van der Waals surface area contributed by atoms with Crippen LogP contribution in [-0.4, -0.2) is 34.2 Å². The molecule has 1 aliphatic heterocycles. The third kappa shape index (κ3) is 2.48. The fourth-order valence-corrected chi connectivity index (χ4v) is 4.25. The first-order valence-electron chi connectivity index (χ1n) is 5.58. The fourth-order valence-electron chi connectivity index (χ4n) is 2.56. The van der Waals surface area contributed by atoms with Crippen LogP contribution in [0, 0.1) is 5.41 Å². The summed E-state index contributed by atoms with van der Waals surface area (Å²) >= 11 is 1.84. The van der Waals surface area contributed by atoms with Crippen LogP contribution < -0.4 is 5.32 Å². The lowest BCUT2D eigenvalue weighted by atomic mass is 9.75. The van der Waals surface area contributed by atoms with Crippen molar-refractivity contribution in [2.75, 3.05) is 5.75 Å². The molecule has 0 aromatic carbocycles. The Kier molecular flexibility index (Phi) is 2.99. The van der Waals surface area contributed by atoms with E-state index in [-0.39, 0.29) is 6.04 Å². The van der Waals surface area contributed by atoms with Gasteiger partial charge in [0.05, 0.1) is 0 Å².